The van der Waals surface area contributed by atoms with Gasteiger partial charge in [0.2, 0.25) is 5.91 Å². The summed E-state index contributed by atoms with van der Waals surface area (Å²) in [5.74, 6) is 1.66. The molecule has 2 N–H and O–H groups in total. The Balaban J connectivity index is 1.69. The first kappa shape index (κ1) is 19.2. The number of hydrogen-bond donors (Lipinski definition) is 1. The highest BCUT2D eigenvalue weighted by Gasteiger charge is 2.39. The SMILES string of the molecule is CC(C)[C@H](N)C(=O)N1CC(Oc2ccccc2)C[C@H]1COc1ccccc1. The molecule has 1 unspecified atom stereocenters. The van der Waals surface area contributed by atoms with Gasteiger partial charge in [-0.05, 0) is 30.2 Å². The molecule has 1 saturated heterocycles. The molecule has 1 heterocycles. The number of carbonyl (C=O) groups excluding carboxylic acids is 1. The van der Waals surface area contributed by atoms with E-state index in [1.807, 2.05) is 79.4 Å². The van der Waals surface area contributed by atoms with Gasteiger partial charge in [-0.25, -0.2) is 0 Å². The van der Waals surface area contributed by atoms with E-state index in [-0.39, 0.29) is 24.0 Å². The van der Waals surface area contributed by atoms with Crippen molar-refractivity contribution in [2.45, 2.75) is 38.5 Å². The Labute approximate surface area is 161 Å². The van der Waals surface area contributed by atoms with Crippen LogP contribution >= 0.6 is 0 Å². The summed E-state index contributed by atoms with van der Waals surface area (Å²) in [6, 6.07) is 18.8. The molecular formula is C22H28N2O3. The molecule has 0 spiro atoms. The first-order chi connectivity index (χ1) is 13.0. The van der Waals surface area contributed by atoms with Crippen LogP contribution in [0.4, 0.5) is 0 Å². The molecule has 1 fully saturated rings. The zero-order valence-corrected chi connectivity index (χ0v) is 16.0. The molecule has 144 valence electrons. The maximum atomic E-state index is 12.9. The summed E-state index contributed by atoms with van der Waals surface area (Å²) in [7, 11) is 0. The fourth-order valence-corrected chi connectivity index (χ4v) is 3.26. The largest absolute Gasteiger partial charge is 0.491 e. The standard InChI is InChI=1S/C22H28N2O3/c1-16(2)21(23)22(25)24-14-20(27-19-11-7-4-8-12-19)13-17(24)15-26-18-9-5-3-6-10-18/h3-12,16-17,20-21H,13-15,23H2,1-2H3/t17-,20?,21-/m0/s1. The van der Waals surface area contributed by atoms with E-state index in [1.165, 1.54) is 0 Å². The van der Waals surface area contributed by atoms with Crippen molar-refractivity contribution in [3.63, 3.8) is 0 Å². The molecule has 2 aromatic rings. The lowest BCUT2D eigenvalue weighted by Gasteiger charge is -2.28. The number of carbonyl (C=O) groups is 1. The average molecular weight is 368 g/mol. The van der Waals surface area contributed by atoms with Crippen molar-refractivity contribution < 1.29 is 14.3 Å². The van der Waals surface area contributed by atoms with Gasteiger partial charge < -0.3 is 20.1 Å². The first-order valence-corrected chi connectivity index (χ1v) is 9.50. The summed E-state index contributed by atoms with van der Waals surface area (Å²) in [5, 5.41) is 0. The minimum atomic E-state index is -0.514. The monoisotopic (exact) mass is 368 g/mol. The number of benzene rings is 2. The second-order valence-electron chi connectivity index (χ2n) is 7.33. The molecule has 0 saturated carbocycles. The van der Waals surface area contributed by atoms with E-state index in [0.29, 0.717) is 13.2 Å². The Morgan fingerprint density at radius 1 is 1.07 bits per heavy atom. The van der Waals surface area contributed by atoms with E-state index in [0.717, 1.165) is 17.9 Å². The summed E-state index contributed by atoms with van der Waals surface area (Å²) in [4.78, 5) is 14.7. The van der Waals surface area contributed by atoms with Crippen LogP contribution in [0.15, 0.2) is 60.7 Å². The Morgan fingerprint density at radius 3 is 2.26 bits per heavy atom. The van der Waals surface area contributed by atoms with E-state index in [1.54, 1.807) is 0 Å². The van der Waals surface area contributed by atoms with Crippen molar-refractivity contribution in [2.75, 3.05) is 13.2 Å². The summed E-state index contributed by atoms with van der Waals surface area (Å²) in [6.07, 6.45) is 0.651. The van der Waals surface area contributed by atoms with Crippen LogP contribution in [0.1, 0.15) is 20.3 Å². The van der Waals surface area contributed by atoms with Gasteiger partial charge >= 0.3 is 0 Å². The third-order valence-corrected chi connectivity index (χ3v) is 4.89. The lowest BCUT2D eigenvalue weighted by atomic mass is 10.0. The van der Waals surface area contributed by atoms with E-state index >= 15 is 0 Å². The van der Waals surface area contributed by atoms with Crippen LogP contribution in [0.5, 0.6) is 11.5 Å². The zero-order chi connectivity index (χ0) is 19.2. The molecule has 27 heavy (non-hydrogen) atoms. The highest BCUT2D eigenvalue weighted by Crippen LogP contribution is 2.25. The molecule has 0 radical (unpaired) electrons. The van der Waals surface area contributed by atoms with Gasteiger partial charge in [-0.3, -0.25) is 4.79 Å². The molecule has 3 atom stereocenters. The van der Waals surface area contributed by atoms with Crippen molar-refractivity contribution >= 4 is 5.91 Å². The third-order valence-electron chi connectivity index (χ3n) is 4.89. The number of nitrogens with zero attached hydrogens (tertiary/aromatic N) is 1. The number of ether oxygens (including phenoxy) is 2. The van der Waals surface area contributed by atoms with Crippen molar-refractivity contribution in [2.24, 2.45) is 11.7 Å². The lowest BCUT2D eigenvalue weighted by molar-refractivity contribution is -0.135. The predicted molar refractivity (Wildman–Crippen MR) is 106 cm³/mol. The molecule has 2 aromatic carbocycles. The predicted octanol–water partition coefficient (Wildman–Crippen LogP) is 3.10. The molecule has 0 aromatic heterocycles. The Kier molecular flexibility index (Phi) is 6.35. The number of rotatable bonds is 7. The third kappa shape index (κ3) is 5.01. The minimum Gasteiger partial charge on any atom is -0.491 e. The Morgan fingerprint density at radius 2 is 1.67 bits per heavy atom. The van der Waals surface area contributed by atoms with Crippen LogP contribution in [0.2, 0.25) is 0 Å². The fraction of sp³-hybridized carbons (Fsp3) is 0.409. The molecule has 5 nitrogen and oxygen atoms in total. The Bertz CT molecular complexity index is 721. The molecule has 1 aliphatic heterocycles. The topological polar surface area (TPSA) is 64.8 Å². The number of amides is 1. The van der Waals surface area contributed by atoms with Crippen molar-refractivity contribution in [1.29, 1.82) is 0 Å². The summed E-state index contributed by atoms with van der Waals surface area (Å²) in [6.45, 7) is 4.88. The number of likely N-dealkylation sites (tertiary alicyclic amines) is 1. The van der Waals surface area contributed by atoms with E-state index in [4.69, 9.17) is 15.2 Å². The fourth-order valence-electron chi connectivity index (χ4n) is 3.26. The summed E-state index contributed by atoms with van der Waals surface area (Å²) in [5.41, 5.74) is 6.13. The van der Waals surface area contributed by atoms with Gasteiger partial charge in [-0.2, -0.15) is 0 Å². The second-order valence-corrected chi connectivity index (χ2v) is 7.33. The smallest absolute Gasteiger partial charge is 0.240 e. The van der Waals surface area contributed by atoms with Gasteiger partial charge in [-0.15, -0.1) is 0 Å². The molecule has 3 rings (SSSR count). The van der Waals surface area contributed by atoms with Crippen molar-refractivity contribution in [3.05, 3.63) is 60.7 Å². The lowest BCUT2D eigenvalue weighted by Crippen LogP contribution is -2.50. The number of para-hydroxylation sites is 2. The summed E-state index contributed by atoms with van der Waals surface area (Å²) >= 11 is 0. The van der Waals surface area contributed by atoms with Gasteiger partial charge in [0.1, 0.15) is 24.2 Å². The average Bonchev–Trinajstić information content (AvgIpc) is 3.09. The van der Waals surface area contributed by atoms with Crippen LogP contribution in [-0.2, 0) is 4.79 Å². The van der Waals surface area contributed by atoms with Crippen molar-refractivity contribution in [3.8, 4) is 11.5 Å². The minimum absolute atomic E-state index is 0.0363. The number of nitrogens with two attached hydrogens (primary N) is 1. The van der Waals surface area contributed by atoms with Crippen LogP contribution in [0.25, 0.3) is 0 Å². The molecule has 5 heteroatoms. The van der Waals surface area contributed by atoms with Gasteiger partial charge in [0.15, 0.2) is 0 Å². The van der Waals surface area contributed by atoms with Crippen LogP contribution in [-0.4, -0.2) is 42.1 Å². The molecule has 1 amide bonds. The zero-order valence-electron chi connectivity index (χ0n) is 16.0. The normalized spacial score (nSPS) is 20.5. The maximum Gasteiger partial charge on any atom is 0.240 e. The number of hydrogen-bond acceptors (Lipinski definition) is 4. The Hall–Kier alpha value is -2.53. The van der Waals surface area contributed by atoms with Gasteiger partial charge in [0.05, 0.1) is 18.6 Å². The van der Waals surface area contributed by atoms with Crippen LogP contribution < -0.4 is 15.2 Å². The highest BCUT2D eigenvalue weighted by molar-refractivity contribution is 5.82. The molecular weight excluding hydrogens is 340 g/mol. The van der Waals surface area contributed by atoms with Crippen molar-refractivity contribution in [1.82, 2.24) is 4.90 Å². The van der Waals surface area contributed by atoms with Gasteiger partial charge in [0.25, 0.3) is 0 Å². The van der Waals surface area contributed by atoms with Crippen LogP contribution in [0, 0.1) is 5.92 Å². The summed E-state index contributed by atoms with van der Waals surface area (Å²) < 4.78 is 12.0. The van der Waals surface area contributed by atoms with Gasteiger partial charge in [-0.1, -0.05) is 50.2 Å². The van der Waals surface area contributed by atoms with E-state index in [2.05, 4.69) is 0 Å². The second kappa shape index (κ2) is 8.91. The first-order valence-electron chi connectivity index (χ1n) is 9.50. The highest BCUT2D eigenvalue weighted by atomic mass is 16.5. The quantitative estimate of drug-likeness (QED) is 0.816. The van der Waals surface area contributed by atoms with Crippen LogP contribution in [0.3, 0.4) is 0 Å². The molecule has 1 aliphatic rings. The maximum absolute atomic E-state index is 12.9. The molecule has 0 bridgehead atoms. The van der Waals surface area contributed by atoms with E-state index < -0.39 is 6.04 Å². The van der Waals surface area contributed by atoms with E-state index in [9.17, 15) is 4.79 Å². The molecule has 0 aliphatic carbocycles. The van der Waals surface area contributed by atoms with Gasteiger partial charge in [0, 0.05) is 6.42 Å².